The Morgan fingerprint density at radius 2 is 1.62 bits per heavy atom. The Balaban J connectivity index is 2.01. The van der Waals surface area contributed by atoms with Gasteiger partial charge in [0.2, 0.25) is 0 Å². The van der Waals surface area contributed by atoms with Gasteiger partial charge in [0.05, 0.1) is 12.7 Å². The van der Waals surface area contributed by atoms with Crippen molar-refractivity contribution in [2.45, 2.75) is 104 Å². The molecule has 3 unspecified atom stereocenters. The lowest BCUT2D eigenvalue weighted by atomic mass is 10.1. The molecule has 24 heavy (non-hydrogen) atoms. The Hall–Kier alpha value is -0.800. The molecule has 1 aliphatic heterocycles. The maximum Gasteiger partial charge on any atom is 0.193 e. The zero-order chi connectivity index (χ0) is 17.7. The van der Waals surface area contributed by atoms with Gasteiger partial charge in [0.1, 0.15) is 6.20 Å². The minimum atomic E-state index is -0.336. The first-order valence-electron chi connectivity index (χ1n) is 10.3. The highest BCUT2D eigenvalue weighted by molar-refractivity contribution is 4.84. The Bertz CT molecular complexity index is 365. The van der Waals surface area contributed by atoms with E-state index in [2.05, 4.69) is 37.5 Å². The molecular formula is C21H41N2O+. The molecule has 0 aromatic heterocycles. The summed E-state index contributed by atoms with van der Waals surface area (Å²) in [5.41, 5.74) is 0. The van der Waals surface area contributed by atoms with Gasteiger partial charge in [-0.25, -0.2) is 0 Å². The minimum Gasteiger partial charge on any atom is -0.345 e. The highest BCUT2D eigenvalue weighted by atomic mass is 16.3. The first kappa shape index (κ1) is 21.2. The third kappa shape index (κ3) is 6.98. The number of hydrogen-bond acceptors (Lipinski definition) is 2. The number of nitrogens with one attached hydrogen (secondary N) is 1. The second kappa shape index (κ2) is 12.5. The van der Waals surface area contributed by atoms with Gasteiger partial charge in [0.25, 0.3) is 0 Å². The van der Waals surface area contributed by atoms with Gasteiger partial charge in [0.15, 0.2) is 12.4 Å². The molecule has 0 aromatic carbocycles. The molecular weight excluding hydrogens is 296 g/mol. The van der Waals surface area contributed by atoms with Crippen molar-refractivity contribution in [1.82, 2.24) is 5.32 Å². The number of aliphatic hydroxyl groups is 1. The smallest absolute Gasteiger partial charge is 0.193 e. The van der Waals surface area contributed by atoms with Gasteiger partial charge >= 0.3 is 0 Å². The van der Waals surface area contributed by atoms with E-state index in [1.807, 2.05) is 13.1 Å². The monoisotopic (exact) mass is 337 g/mol. The summed E-state index contributed by atoms with van der Waals surface area (Å²) in [6.07, 6.45) is 23.2. The van der Waals surface area contributed by atoms with Crippen molar-refractivity contribution in [2.24, 2.45) is 0 Å². The van der Waals surface area contributed by atoms with Gasteiger partial charge in [-0.15, -0.1) is 0 Å². The molecule has 1 heterocycles. The second-order valence-electron chi connectivity index (χ2n) is 7.25. The van der Waals surface area contributed by atoms with Crippen molar-refractivity contribution in [3.05, 3.63) is 24.6 Å². The van der Waals surface area contributed by atoms with Crippen LogP contribution in [0.15, 0.2) is 24.6 Å². The van der Waals surface area contributed by atoms with E-state index in [1.54, 1.807) is 0 Å². The average Bonchev–Trinajstić information content (AvgIpc) is 3.00. The number of unbranched alkanes of at least 4 members (excludes halogenated alkanes) is 8. The molecule has 0 spiro atoms. The molecule has 0 saturated carbocycles. The molecule has 3 heteroatoms. The van der Waals surface area contributed by atoms with E-state index in [1.165, 1.54) is 64.2 Å². The van der Waals surface area contributed by atoms with Crippen LogP contribution < -0.4 is 5.32 Å². The maximum atomic E-state index is 10.1. The molecule has 0 saturated heterocycles. The fourth-order valence-electron chi connectivity index (χ4n) is 3.72. The van der Waals surface area contributed by atoms with Crippen LogP contribution in [0, 0.1) is 0 Å². The van der Waals surface area contributed by atoms with Crippen LogP contribution in [0.25, 0.3) is 0 Å². The SMILES string of the molecule is CCC/C=C/CCCCCCCCCC1NC=C[N+]1(CC)C(C)O. The molecule has 0 amide bonds. The molecule has 0 bridgehead atoms. The summed E-state index contributed by atoms with van der Waals surface area (Å²) in [6.45, 7) is 7.24. The first-order valence-corrected chi connectivity index (χ1v) is 10.3. The fourth-order valence-corrected chi connectivity index (χ4v) is 3.72. The molecule has 0 fully saturated rings. The van der Waals surface area contributed by atoms with Crippen LogP contribution in [-0.4, -0.2) is 28.5 Å². The van der Waals surface area contributed by atoms with Crippen molar-refractivity contribution >= 4 is 0 Å². The van der Waals surface area contributed by atoms with E-state index >= 15 is 0 Å². The van der Waals surface area contributed by atoms with Gasteiger partial charge in [-0.1, -0.05) is 57.6 Å². The summed E-state index contributed by atoms with van der Waals surface area (Å²) in [5.74, 6) is 0. The zero-order valence-corrected chi connectivity index (χ0v) is 16.3. The number of allylic oxidation sites excluding steroid dienone is 2. The van der Waals surface area contributed by atoms with Crippen molar-refractivity contribution in [2.75, 3.05) is 6.54 Å². The lowest BCUT2D eigenvalue weighted by molar-refractivity contribution is -0.942. The lowest BCUT2D eigenvalue weighted by Gasteiger charge is -2.39. The summed E-state index contributed by atoms with van der Waals surface area (Å²) >= 11 is 0. The number of hydrogen-bond donors (Lipinski definition) is 2. The topological polar surface area (TPSA) is 32.3 Å². The van der Waals surface area contributed by atoms with Crippen LogP contribution in [-0.2, 0) is 0 Å². The third-order valence-corrected chi connectivity index (χ3v) is 5.43. The highest BCUT2D eigenvalue weighted by Crippen LogP contribution is 2.25. The van der Waals surface area contributed by atoms with Gasteiger partial charge < -0.3 is 10.4 Å². The largest absolute Gasteiger partial charge is 0.345 e. The van der Waals surface area contributed by atoms with E-state index in [-0.39, 0.29) is 6.23 Å². The van der Waals surface area contributed by atoms with Crippen molar-refractivity contribution in [1.29, 1.82) is 0 Å². The molecule has 0 aliphatic carbocycles. The van der Waals surface area contributed by atoms with Gasteiger partial charge in [-0.2, -0.15) is 0 Å². The molecule has 2 N–H and O–H groups in total. The van der Waals surface area contributed by atoms with E-state index in [0.29, 0.717) is 10.6 Å². The van der Waals surface area contributed by atoms with Crippen LogP contribution in [0.5, 0.6) is 0 Å². The Labute approximate surface area is 150 Å². The van der Waals surface area contributed by atoms with Crippen molar-refractivity contribution in [3.63, 3.8) is 0 Å². The minimum absolute atomic E-state index is 0.336. The molecule has 0 aromatic rings. The fraction of sp³-hybridized carbons (Fsp3) is 0.810. The summed E-state index contributed by atoms with van der Waals surface area (Å²) in [6, 6.07) is 0. The standard InChI is InChI=1S/C21H41N2O/c1-4-6-7-8-9-10-11-12-13-14-15-16-17-21-22-18-19-23(21,5-2)20(3)24/h7-8,18-22,24H,4-6,9-17H2,1-3H3/q+1/b8-7+. The Morgan fingerprint density at radius 3 is 2.25 bits per heavy atom. The first-order chi connectivity index (χ1) is 11.7. The number of nitrogens with zero attached hydrogens (tertiary/aromatic N) is 1. The predicted molar refractivity (Wildman–Crippen MR) is 104 cm³/mol. The quantitative estimate of drug-likeness (QED) is 0.252. The van der Waals surface area contributed by atoms with Crippen molar-refractivity contribution in [3.8, 4) is 0 Å². The second-order valence-corrected chi connectivity index (χ2v) is 7.25. The van der Waals surface area contributed by atoms with Crippen LogP contribution in [0.2, 0.25) is 0 Å². The van der Waals surface area contributed by atoms with E-state index in [0.717, 1.165) is 13.0 Å². The summed E-state index contributed by atoms with van der Waals surface area (Å²) < 4.78 is 0.672. The zero-order valence-electron chi connectivity index (χ0n) is 16.3. The van der Waals surface area contributed by atoms with Crippen LogP contribution in [0.4, 0.5) is 0 Å². The summed E-state index contributed by atoms with van der Waals surface area (Å²) in [5, 5.41) is 13.6. The van der Waals surface area contributed by atoms with Crippen LogP contribution in [0.1, 0.15) is 91.4 Å². The van der Waals surface area contributed by atoms with Gasteiger partial charge in [-0.3, -0.25) is 4.48 Å². The number of aliphatic hydroxyl groups excluding tert-OH is 1. The normalized spacial score (nSPS) is 24.6. The maximum absolute atomic E-state index is 10.1. The van der Waals surface area contributed by atoms with Crippen molar-refractivity contribution < 1.29 is 9.59 Å². The van der Waals surface area contributed by atoms with E-state index < -0.39 is 0 Å². The lowest BCUT2D eigenvalue weighted by Crippen LogP contribution is -2.57. The van der Waals surface area contributed by atoms with Crippen LogP contribution >= 0.6 is 0 Å². The van der Waals surface area contributed by atoms with Crippen LogP contribution in [0.3, 0.4) is 0 Å². The molecule has 1 rings (SSSR count). The molecule has 0 radical (unpaired) electrons. The van der Waals surface area contributed by atoms with E-state index in [4.69, 9.17) is 0 Å². The molecule has 3 nitrogen and oxygen atoms in total. The summed E-state index contributed by atoms with van der Waals surface area (Å²) in [4.78, 5) is 0. The predicted octanol–water partition coefficient (Wildman–Crippen LogP) is 5.43. The van der Waals surface area contributed by atoms with Gasteiger partial charge in [-0.05, 0) is 32.6 Å². The molecule has 1 aliphatic rings. The Kier molecular flexibility index (Phi) is 11.1. The Morgan fingerprint density at radius 1 is 1.00 bits per heavy atom. The third-order valence-electron chi connectivity index (χ3n) is 5.43. The number of rotatable bonds is 14. The molecule has 3 atom stereocenters. The van der Waals surface area contributed by atoms with E-state index in [9.17, 15) is 5.11 Å². The summed E-state index contributed by atoms with van der Waals surface area (Å²) in [7, 11) is 0. The highest BCUT2D eigenvalue weighted by Gasteiger charge is 2.40. The van der Waals surface area contributed by atoms with Gasteiger partial charge in [0, 0.05) is 13.3 Å². The number of quaternary nitrogens is 1. The molecule has 140 valence electrons. The average molecular weight is 338 g/mol.